The van der Waals surface area contributed by atoms with Crippen LogP contribution in [-0.2, 0) is 0 Å². The minimum atomic E-state index is 0.216. The number of hydrogen-bond donors (Lipinski definition) is 1. The van der Waals surface area contributed by atoms with E-state index in [-0.39, 0.29) is 6.04 Å². The molecule has 124 valence electrons. The Morgan fingerprint density at radius 1 is 1.41 bits per heavy atom. The van der Waals surface area contributed by atoms with Crippen molar-refractivity contribution in [2.45, 2.75) is 45.6 Å². The van der Waals surface area contributed by atoms with E-state index >= 15 is 0 Å². The second-order valence-electron chi connectivity index (χ2n) is 6.33. The van der Waals surface area contributed by atoms with Crippen LogP contribution in [0.3, 0.4) is 0 Å². The van der Waals surface area contributed by atoms with E-state index in [2.05, 4.69) is 21.8 Å². The molecule has 1 saturated heterocycles. The monoisotopic (exact) mass is 307 g/mol. The number of nitrogens with zero attached hydrogens (tertiary/aromatic N) is 4. The molecule has 22 heavy (non-hydrogen) atoms. The summed E-state index contributed by atoms with van der Waals surface area (Å²) in [4.78, 5) is 16.5. The number of unbranched alkanes of at least 4 members (excludes halogenated alkanes) is 1. The molecule has 2 N–H and O–H groups in total. The molecule has 0 amide bonds. The van der Waals surface area contributed by atoms with Crippen molar-refractivity contribution in [1.29, 1.82) is 0 Å². The molecule has 6 nitrogen and oxygen atoms in total. The van der Waals surface area contributed by atoms with Crippen molar-refractivity contribution >= 4 is 5.82 Å². The number of nitrogens with two attached hydrogens (primary N) is 1. The second-order valence-corrected chi connectivity index (χ2v) is 6.33. The number of rotatable bonds is 6. The van der Waals surface area contributed by atoms with E-state index in [1.807, 2.05) is 21.0 Å². The summed E-state index contributed by atoms with van der Waals surface area (Å²) >= 11 is 0. The van der Waals surface area contributed by atoms with E-state index < -0.39 is 0 Å². The zero-order valence-corrected chi connectivity index (χ0v) is 14.2. The Bertz CT molecular complexity index is 480. The van der Waals surface area contributed by atoms with Crippen LogP contribution in [-0.4, -0.2) is 48.3 Å². The van der Waals surface area contributed by atoms with E-state index in [9.17, 15) is 0 Å². The van der Waals surface area contributed by atoms with Gasteiger partial charge in [-0.1, -0.05) is 19.8 Å². The maximum atomic E-state index is 6.39. The molecule has 1 aromatic heterocycles. The second kappa shape index (κ2) is 7.74. The van der Waals surface area contributed by atoms with Crippen molar-refractivity contribution in [3.63, 3.8) is 0 Å². The van der Waals surface area contributed by atoms with E-state index in [4.69, 9.17) is 10.6 Å². The molecule has 0 spiro atoms. The average molecular weight is 307 g/mol. The maximum Gasteiger partial charge on any atom is 0.246 e. The summed E-state index contributed by atoms with van der Waals surface area (Å²) in [5, 5.41) is 1.64. The molecule has 0 bridgehead atoms. The molecule has 0 radical (unpaired) electrons. The lowest BCUT2D eigenvalue weighted by molar-refractivity contribution is -0.00925. The zero-order chi connectivity index (χ0) is 16.1. The zero-order valence-electron chi connectivity index (χ0n) is 14.2. The van der Waals surface area contributed by atoms with Gasteiger partial charge in [0, 0.05) is 33.2 Å². The molecule has 1 aliphatic rings. The first-order valence-corrected chi connectivity index (χ1v) is 8.20. The van der Waals surface area contributed by atoms with Crippen molar-refractivity contribution in [3.8, 4) is 5.88 Å². The highest BCUT2D eigenvalue weighted by atomic mass is 16.7. The van der Waals surface area contributed by atoms with Crippen molar-refractivity contribution in [3.05, 3.63) is 11.9 Å². The van der Waals surface area contributed by atoms with Gasteiger partial charge in [0.2, 0.25) is 5.88 Å². The third-order valence-electron chi connectivity index (χ3n) is 4.31. The van der Waals surface area contributed by atoms with Gasteiger partial charge in [-0.05, 0) is 25.7 Å². The first-order chi connectivity index (χ1) is 10.5. The van der Waals surface area contributed by atoms with E-state index in [1.54, 1.807) is 11.4 Å². The van der Waals surface area contributed by atoms with Crippen molar-refractivity contribution in [1.82, 2.24) is 15.0 Å². The Hall–Kier alpha value is -1.40. The summed E-state index contributed by atoms with van der Waals surface area (Å²) in [5.74, 6) is 2.18. The topological polar surface area (TPSA) is 67.5 Å². The van der Waals surface area contributed by atoms with Gasteiger partial charge in [0.05, 0.1) is 5.56 Å². The summed E-state index contributed by atoms with van der Waals surface area (Å²) in [6, 6.07) is 0.216. The quantitative estimate of drug-likeness (QED) is 0.811. The Morgan fingerprint density at radius 3 is 2.82 bits per heavy atom. The van der Waals surface area contributed by atoms with Crippen molar-refractivity contribution in [2.75, 3.05) is 32.1 Å². The van der Waals surface area contributed by atoms with Gasteiger partial charge in [-0.2, -0.15) is 4.98 Å². The van der Waals surface area contributed by atoms with Crippen LogP contribution in [0.1, 0.15) is 38.2 Å². The summed E-state index contributed by atoms with van der Waals surface area (Å²) < 4.78 is 0. The highest BCUT2D eigenvalue weighted by molar-refractivity contribution is 5.50. The first kappa shape index (κ1) is 17.0. The van der Waals surface area contributed by atoms with Gasteiger partial charge in [0.1, 0.15) is 12.1 Å². The fourth-order valence-corrected chi connectivity index (χ4v) is 3.06. The van der Waals surface area contributed by atoms with E-state index in [0.29, 0.717) is 11.8 Å². The summed E-state index contributed by atoms with van der Waals surface area (Å²) in [5.41, 5.74) is 7.36. The normalized spacial score (nSPS) is 22.2. The third kappa shape index (κ3) is 4.08. The molecule has 0 aromatic carbocycles. The van der Waals surface area contributed by atoms with Gasteiger partial charge >= 0.3 is 0 Å². The van der Waals surface area contributed by atoms with Crippen LogP contribution in [0.5, 0.6) is 5.88 Å². The molecule has 2 atom stereocenters. The SMILES string of the molecule is CCCCC1CCN(c2ncnc(ON(C)C)c2C)C[C@@H]1N. The van der Waals surface area contributed by atoms with Gasteiger partial charge < -0.3 is 15.5 Å². The minimum absolute atomic E-state index is 0.216. The van der Waals surface area contributed by atoms with Crippen LogP contribution < -0.4 is 15.5 Å². The fourth-order valence-electron chi connectivity index (χ4n) is 3.06. The van der Waals surface area contributed by atoms with Crippen LogP contribution in [0, 0.1) is 12.8 Å². The van der Waals surface area contributed by atoms with Crippen LogP contribution in [0.4, 0.5) is 5.82 Å². The smallest absolute Gasteiger partial charge is 0.246 e. The van der Waals surface area contributed by atoms with Crippen LogP contribution in [0.25, 0.3) is 0 Å². The Labute approximate surface area is 133 Å². The van der Waals surface area contributed by atoms with Gasteiger partial charge in [0.25, 0.3) is 0 Å². The van der Waals surface area contributed by atoms with Crippen LogP contribution >= 0.6 is 0 Å². The molecule has 2 heterocycles. The number of hydroxylamine groups is 2. The molecule has 0 aliphatic carbocycles. The van der Waals surface area contributed by atoms with Crippen molar-refractivity contribution < 1.29 is 4.84 Å². The predicted molar refractivity (Wildman–Crippen MR) is 88.9 cm³/mol. The molecule has 1 unspecified atom stereocenters. The molecule has 0 saturated carbocycles. The first-order valence-electron chi connectivity index (χ1n) is 8.20. The fraction of sp³-hybridized carbons (Fsp3) is 0.750. The number of anilines is 1. The van der Waals surface area contributed by atoms with E-state index in [1.165, 1.54) is 19.3 Å². The summed E-state index contributed by atoms with van der Waals surface area (Å²) in [6.07, 6.45) is 6.45. The largest absolute Gasteiger partial charge is 0.386 e. The van der Waals surface area contributed by atoms with Gasteiger partial charge in [0.15, 0.2) is 0 Å². The molecular formula is C16H29N5O. The van der Waals surface area contributed by atoms with Crippen LogP contribution in [0.2, 0.25) is 0 Å². The summed E-state index contributed by atoms with van der Waals surface area (Å²) in [6.45, 7) is 6.09. The van der Waals surface area contributed by atoms with Crippen molar-refractivity contribution in [2.24, 2.45) is 11.7 Å². The highest BCUT2D eigenvalue weighted by Gasteiger charge is 2.28. The Kier molecular flexibility index (Phi) is 5.97. The predicted octanol–water partition coefficient (Wildman–Crippen LogP) is 1.98. The minimum Gasteiger partial charge on any atom is -0.386 e. The molecular weight excluding hydrogens is 278 g/mol. The lowest BCUT2D eigenvalue weighted by Crippen LogP contribution is -2.49. The lowest BCUT2D eigenvalue weighted by atomic mass is 9.87. The third-order valence-corrected chi connectivity index (χ3v) is 4.31. The number of piperidine rings is 1. The lowest BCUT2D eigenvalue weighted by Gasteiger charge is -2.38. The molecule has 2 rings (SSSR count). The standard InChI is InChI=1S/C16H29N5O/c1-5-6-7-13-8-9-21(10-14(13)17)15-12(2)16(19-11-18-15)22-20(3)4/h11,13-14H,5-10,17H2,1-4H3/t13?,14-/m0/s1. The Balaban J connectivity index is 2.07. The molecule has 1 aliphatic heterocycles. The van der Waals surface area contributed by atoms with Gasteiger partial charge in [-0.25, -0.2) is 4.98 Å². The number of hydrogen-bond acceptors (Lipinski definition) is 6. The highest BCUT2D eigenvalue weighted by Crippen LogP contribution is 2.29. The number of aromatic nitrogens is 2. The van der Waals surface area contributed by atoms with E-state index in [0.717, 1.165) is 30.9 Å². The van der Waals surface area contributed by atoms with Gasteiger partial charge in [-0.3, -0.25) is 0 Å². The molecule has 1 fully saturated rings. The van der Waals surface area contributed by atoms with Crippen LogP contribution in [0.15, 0.2) is 6.33 Å². The maximum absolute atomic E-state index is 6.39. The molecule has 6 heteroatoms. The summed E-state index contributed by atoms with van der Waals surface area (Å²) in [7, 11) is 3.69. The van der Waals surface area contributed by atoms with Gasteiger partial charge in [-0.15, -0.1) is 5.06 Å². The Morgan fingerprint density at radius 2 is 2.18 bits per heavy atom. The average Bonchev–Trinajstić information content (AvgIpc) is 2.48. The molecule has 1 aromatic rings.